The Hall–Kier alpha value is -1.32. The summed E-state index contributed by atoms with van der Waals surface area (Å²) in [5, 5.41) is 9.92. The van der Waals surface area contributed by atoms with Crippen LogP contribution in [-0.4, -0.2) is 22.6 Å². The highest BCUT2D eigenvalue weighted by Crippen LogP contribution is 2.13. The van der Waals surface area contributed by atoms with Crippen LogP contribution in [0.15, 0.2) is 0 Å². The van der Waals surface area contributed by atoms with Crippen LogP contribution >= 0.6 is 0 Å². The van der Waals surface area contributed by atoms with E-state index >= 15 is 0 Å². The molecule has 4 nitrogen and oxygen atoms in total. The molecule has 1 amide bonds. The number of nitrogens with zero attached hydrogens (tertiary/aromatic N) is 1. The molecule has 0 radical (unpaired) electrons. The normalized spacial score (nSPS) is 12.4. The van der Waals surface area contributed by atoms with E-state index in [1.165, 1.54) is 19.3 Å². The maximum atomic E-state index is 12.1. The molecule has 0 aromatic carbocycles. The number of rotatable bonds is 7. The van der Waals surface area contributed by atoms with Crippen molar-refractivity contribution in [1.29, 1.82) is 0 Å². The van der Waals surface area contributed by atoms with Crippen molar-refractivity contribution in [3.8, 4) is 0 Å². The largest absolute Gasteiger partial charge is 0.352 e. The average Bonchev–Trinajstić information content (AvgIpc) is 2.69. The van der Waals surface area contributed by atoms with E-state index in [-0.39, 0.29) is 5.91 Å². The van der Waals surface area contributed by atoms with E-state index < -0.39 is 0 Å². The van der Waals surface area contributed by atoms with E-state index in [0.29, 0.717) is 11.5 Å². The molecule has 2 N–H and O–H groups in total. The van der Waals surface area contributed by atoms with Crippen molar-refractivity contribution in [3.63, 3.8) is 0 Å². The van der Waals surface area contributed by atoms with Crippen LogP contribution in [0.1, 0.15) is 61.3 Å². The second kappa shape index (κ2) is 7.19. The topological polar surface area (TPSA) is 57.8 Å². The number of carbonyl (C=O) groups is 1. The van der Waals surface area contributed by atoms with E-state index in [1.54, 1.807) is 0 Å². The molecule has 0 fully saturated rings. The van der Waals surface area contributed by atoms with Gasteiger partial charge >= 0.3 is 0 Å². The van der Waals surface area contributed by atoms with Gasteiger partial charge in [0.05, 0.1) is 11.3 Å². The number of hydrogen-bond donors (Lipinski definition) is 2. The van der Waals surface area contributed by atoms with Crippen LogP contribution in [0.25, 0.3) is 0 Å². The molecular formula is C14H25N3O. The third-order valence-electron chi connectivity index (χ3n) is 3.45. The monoisotopic (exact) mass is 251 g/mol. The predicted octanol–water partition coefficient (Wildman–Crippen LogP) is 2.97. The van der Waals surface area contributed by atoms with Crippen molar-refractivity contribution in [2.75, 3.05) is 6.54 Å². The number of aromatic amines is 1. The van der Waals surface area contributed by atoms with Gasteiger partial charge in [-0.3, -0.25) is 9.89 Å². The first-order valence-electron chi connectivity index (χ1n) is 6.89. The van der Waals surface area contributed by atoms with Gasteiger partial charge in [0.1, 0.15) is 0 Å². The average molecular weight is 251 g/mol. The zero-order valence-corrected chi connectivity index (χ0v) is 12.0. The highest BCUT2D eigenvalue weighted by molar-refractivity contribution is 5.96. The summed E-state index contributed by atoms with van der Waals surface area (Å²) in [5.74, 6) is 0.579. The van der Waals surface area contributed by atoms with Gasteiger partial charge in [0, 0.05) is 12.2 Å². The van der Waals surface area contributed by atoms with Gasteiger partial charge in [-0.05, 0) is 26.2 Å². The highest BCUT2D eigenvalue weighted by atomic mass is 16.1. The Labute approximate surface area is 110 Å². The molecule has 4 heteroatoms. The van der Waals surface area contributed by atoms with Gasteiger partial charge in [0.2, 0.25) is 0 Å². The minimum atomic E-state index is -0.00583. The van der Waals surface area contributed by atoms with E-state index in [2.05, 4.69) is 29.4 Å². The SMILES string of the molecule is CCCCC(CC)CNC(=O)c1c(C)n[nH]c1C. The summed E-state index contributed by atoms with van der Waals surface area (Å²) in [7, 11) is 0. The van der Waals surface area contributed by atoms with Gasteiger partial charge in [-0.15, -0.1) is 0 Å². The van der Waals surface area contributed by atoms with Crippen molar-refractivity contribution >= 4 is 5.91 Å². The van der Waals surface area contributed by atoms with Crippen molar-refractivity contribution < 1.29 is 4.79 Å². The van der Waals surface area contributed by atoms with Gasteiger partial charge in [0.25, 0.3) is 5.91 Å². The zero-order valence-electron chi connectivity index (χ0n) is 12.0. The van der Waals surface area contributed by atoms with E-state index in [9.17, 15) is 4.79 Å². The molecule has 1 aromatic rings. The lowest BCUT2D eigenvalue weighted by atomic mass is 9.99. The second-order valence-electron chi connectivity index (χ2n) is 4.94. The summed E-state index contributed by atoms with van der Waals surface area (Å²) >= 11 is 0. The number of aryl methyl sites for hydroxylation is 2. The minimum Gasteiger partial charge on any atom is -0.352 e. The van der Waals surface area contributed by atoms with Crippen molar-refractivity contribution in [2.24, 2.45) is 5.92 Å². The van der Waals surface area contributed by atoms with E-state index in [4.69, 9.17) is 0 Å². The van der Waals surface area contributed by atoms with Crippen LogP contribution in [-0.2, 0) is 0 Å². The van der Waals surface area contributed by atoms with Crippen LogP contribution in [0.4, 0.5) is 0 Å². The molecule has 1 unspecified atom stereocenters. The lowest BCUT2D eigenvalue weighted by molar-refractivity contribution is 0.0944. The molecule has 18 heavy (non-hydrogen) atoms. The maximum Gasteiger partial charge on any atom is 0.255 e. The fourth-order valence-corrected chi connectivity index (χ4v) is 2.15. The van der Waals surface area contributed by atoms with Crippen molar-refractivity contribution in [2.45, 2.75) is 53.4 Å². The Kier molecular flexibility index (Phi) is 5.89. The number of aromatic nitrogens is 2. The molecule has 1 atom stereocenters. The standard InChI is InChI=1S/C14H25N3O/c1-5-7-8-12(6-2)9-15-14(18)13-10(3)16-17-11(13)4/h12H,5-9H2,1-4H3,(H,15,18)(H,16,17). The van der Waals surface area contributed by atoms with Gasteiger partial charge < -0.3 is 5.32 Å². The summed E-state index contributed by atoms with van der Waals surface area (Å²) in [4.78, 5) is 12.1. The lowest BCUT2D eigenvalue weighted by Crippen LogP contribution is -2.29. The van der Waals surface area contributed by atoms with Crippen LogP contribution in [0, 0.1) is 19.8 Å². The summed E-state index contributed by atoms with van der Waals surface area (Å²) in [5.41, 5.74) is 2.30. The molecular weight excluding hydrogens is 226 g/mol. The number of nitrogens with one attached hydrogen (secondary N) is 2. The number of H-pyrrole nitrogens is 1. The number of hydrogen-bond acceptors (Lipinski definition) is 2. The van der Waals surface area contributed by atoms with E-state index in [0.717, 1.165) is 24.4 Å². The number of amides is 1. The second-order valence-corrected chi connectivity index (χ2v) is 4.94. The molecule has 0 aliphatic carbocycles. The molecule has 1 heterocycles. The third-order valence-corrected chi connectivity index (χ3v) is 3.45. The minimum absolute atomic E-state index is 0.00583. The number of carbonyl (C=O) groups excluding carboxylic acids is 1. The van der Waals surface area contributed by atoms with Crippen LogP contribution < -0.4 is 5.32 Å². The highest BCUT2D eigenvalue weighted by Gasteiger charge is 2.16. The molecule has 102 valence electrons. The first-order valence-corrected chi connectivity index (χ1v) is 6.89. The van der Waals surface area contributed by atoms with Crippen LogP contribution in [0.2, 0.25) is 0 Å². The molecule has 1 rings (SSSR count). The van der Waals surface area contributed by atoms with Crippen molar-refractivity contribution in [3.05, 3.63) is 17.0 Å². The van der Waals surface area contributed by atoms with Crippen molar-refractivity contribution in [1.82, 2.24) is 15.5 Å². The number of unbranched alkanes of at least 4 members (excludes halogenated alkanes) is 1. The summed E-state index contributed by atoms with van der Waals surface area (Å²) < 4.78 is 0. The Balaban J connectivity index is 2.50. The summed E-state index contributed by atoms with van der Waals surface area (Å²) in [6, 6.07) is 0. The Bertz CT molecular complexity index is 365. The molecule has 0 saturated heterocycles. The van der Waals surface area contributed by atoms with E-state index in [1.807, 2.05) is 13.8 Å². The fourth-order valence-electron chi connectivity index (χ4n) is 2.15. The summed E-state index contributed by atoms with van der Waals surface area (Å²) in [6.07, 6.45) is 4.75. The molecule has 0 aliphatic rings. The smallest absolute Gasteiger partial charge is 0.255 e. The van der Waals surface area contributed by atoms with Gasteiger partial charge in [-0.25, -0.2) is 0 Å². The molecule has 0 bridgehead atoms. The molecule has 0 spiro atoms. The third kappa shape index (κ3) is 3.86. The quantitative estimate of drug-likeness (QED) is 0.782. The molecule has 0 aliphatic heterocycles. The fraction of sp³-hybridized carbons (Fsp3) is 0.714. The Morgan fingerprint density at radius 1 is 1.39 bits per heavy atom. The molecule has 1 aromatic heterocycles. The molecule has 0 saturated carbocycles. The predicted molar refractivity (Wildman–Crippen MR) is 73.7 cm³/mol. The lowest BCUT2D eigenvalue weighted by Gasteiger charge is -2.15. The van der Waals surface area contributed by atoms with Crippen LogP contribution in [0.5, 0.6) is 0 Å². The Morgan fingerprint density at radius 2 is 2.11 bits per heavy atom. The summed E-state index contributed by atoms with van der Waals surface area (Å²) in [6.45, 7) is 8.87. The Morgan fingerprint density at radius 3 is 2.61 bits per heavy atom. The maximum absolute atomic E-state index is 12.1. The van der Waals surface area contributed by atoms with Crippen LogP contribution in [0.3, 0.4) is 0 Å². The first-order chi connectivity index (χ1) is 8.60. The van der Waals surface area contributed by atoms with Gasteiger partial charge in [0.15, 0.2) is 0 Å². The zero-order chi connectivity index (χ0) is 13.5. The first kappa shape index (κ1) is 14.7. The van der Waals surface area contributed by atoms with Gasteiger partial charge in [-0.2, -0.15) is 5.10 Å². The van der Waals surface area contributed by atoms with Gasteiger partial charge in [-0.1, -0.05) is 33.1 Å².